The van der Waals surface area contributed by atoms with E-state index < -0.39 is 0 Å². The van der Waals surface area contributed by atoms with Crippen molar-refractivity contribution in [1.82, 2.24) is 0 Å². The third-order valence-corrected chi connectivity index (χ3v) is 3.11. The molecule has 0 N–H and O–H groups in total. The quantitative estimate of drug-likeness (QED) is 0.712. The van der Waals surface area contributed by atoms with Gasteiger partial charge in [0, 0.05) is 6.42 Å². The van der Waals surface area contributed by atoms with Gasteiger partial charge < -0.3 is 4.74 Å². The number of methoxy groups -OCH3 is 1. The molecule has 2 unspecified atom stereocenters. The van der Waals surface area contributed by atoms with Crippen LogP contribution < -0.4 is 0 Å². The lowest BCUT2D eigenvalue weighted by atomic mass is 9.88. The van der Waals surface area contributed by atoms with Crippen molar-refractivity contribution < 1.29 is 14.3 Å². The number of esters is 1. The van der Waals surface area contributed by atoms with Crippen LogP contribution in [-0.2, 0) is 14.3 Å². The molecule has 0 saturated heterocycles. The predicted octanol–water partition coefficient (Wildman–Crippen LogP) is 1.92. The molecular weight excluding hydrogens is 204 g/mol. The summed E-state index contributed by atoms with van der Waals surface area (Å²) in [7, 11) is 1.37. The number of ketones is 1. The summed E-state index contributed by atoms with van der Waals surface area (Å²) in [5.41, 5.74) is 0.917. The standard InChI is InChI=1S/C13H14O3/c1-16-13(15)10-7-8-11(14)12(10)9-5-3-2-4-6-9/h2-6,10,12H,7-8H2,1H3. The molecule has 0 aliphatic heterocycles. The van der Waals surface area contributed by atoms with Crippen LogP contribution in [-0.4, -0.2) is 18.9 Å². The third kappa shape index (κ3) is 1.85. The van der Waals surface area contributed by atoms with E-state index >= 15 is 0 Å². The van der Waals surface area contributed by atoms with Gasteiger partial charge in [-0.05, 0) is 12.0 Å². The number of carbonyl (C=O) groups is 2. The SMILES string of the molecule is COC(=O)C1CCC(=O)C1c1ccccc1. The summed E-state index contributed by atoms with van der Waals surface area (Å²) in [6, 6.07) is 9.45. The van der Waals surface area contributed by atoms with E-state index in [4.69, 9.17) is 4.74 Å². The number of ether oxygens (including phenoxy) is 1. The van der Waals surface area contributed by atoms with E-state index in [0.717, 1.165) is 5.56 Å². The molecule has 1 saturated carbocycles. The van der Waals surface area contributed by atoms with Crippen molar-refractivity contribution in [3.63, 3.8) is 0 Å². The van der Waals surface area contributed by atoms with Crippen LogP contribution in [0.5, 0.6) is 0 Å². The molecule has 0 heterocycles. The average molecular weight is 218 g/mol. The fourth-order valence-electron chi connectivity index (χ4n) is 2.33. The second-order valence-corrected chi connectivity index (χ2v) is 4.02. The Bertz CT molecular complexity index is 397. The first-order chi connectivity index (χ1) is 7.74. The summed E-state index contributed by atoms with van der Waals surface area (Å²) in [6.07, 6.45) is 1.07. The van der Waals surface area contributed by atoms with Gasteiger partial charge in [0.05, 0.1) is 18.9 Å². The van der Waals surface area contributed by atoms with E-state index in [2.05, 4.69) is 0 Å². The molecule has 1 aliphatic carbocycles. The molecule has 16 heavy (non-hydrogen) atoms. The molecule has 0 aromatic heterocycles. The van der Waals surface area contributed by atoms with Crippen molar-refractivity contribution in [2.24, 2.45) is 5.92 Å². The lowest BCUT2D eigenvalue weighted by Gasteiger charge is -2.16. The normalized spacial score (nSPS) is 24.4. The van der Waals surface area contributed by atoms with E-state index in [9.17, 15) is 9.59 Å². The largest absolute Gasteiger partial charge is 0.469 e. The molecule has 84 valence electrons. The van der Waals surface area contributed by atoms with Crippen molar-refractivity contribution in [1.29, 1.82) is 0 Å². The molecule has 1 aliphatic rings. The average Bonchev–Trinajstić information content (AvgIpc) is 2.71. The number of carbonyl (C=O) groups excluding carboxylic acids is 2. The first-order valence-corrected chi connectivity index (χ1v) is 5.39. The van der Waals surface area contributed by atoms with Crippen LogP contribution in [0.2, 0.25) is 0 Å². The van der Waals surface area contributed by atoms with Crippen LogP contribution in [0, 0.1) is 5.92 Å². The number of Topliss-reactive ketones (excluding diaryl/α,β-unsaturated/α-hetero) is 1. The van der Waals surface area contributed by atoms with Crippen molar-refractivity contribution in [3.05, 3.63) is 35.9 Å². The van der Waals surface area contributed by atoms with Crippen LogP contribution in [0.15, 0.2) is 30.3 Å². The van der Waals surface area contributed by atoms with Gasteiger partial charge in [0.25, 0.3) is 0 Å². The second kappa shape index (κ2) is 4.47. The van der Waals surface area contributed by atoms with E-state index in [1.54, 1.807) is 0 Å². The summed E-state index contributed by atoms with van der Waals surface area (Å²) < 4.78 is 4.74. The summed E-state index contributed by atoms with van der Waals surface area (Å²) in [6.45, 7) is 0. The molecule has 1 aromatic carbocycles. The van der Waals surface area contributed by atoms with Gasteiger partial charge in [-0.15, -0.1) is 0 Å². The summed E-state index contributed by atoms with van der Waals surface area (Å²) >= 11 is 0. The Morgan fingerprint density at radius 2 is 2.00 bits per heavy atom. The zero-order valence-corrected chi connectivity index (χ0v) is 9.18. The Morgan fingerprint density at radius 1 is 1.31 bits per heavy atom. The minimum Gasteiger partial charge on any atom is -0.469 e. The van der Waals surface area contributed by atoms with Gasteiger partial charge in [-0.25, -0.2) is 0 Å². The maximum absolute atomic E-state index is 11.8. The summed E-state index contributed by atoms with van der Waals surface area (Å²) in [5.74, 6) is -0.755. The van der Waals surface area contributed by atoms with Gasteiger partial charge in [-0.2, -0.15) is 0 Å². The Hall–Kier alpha value is -1.64. The lowest BCUT2D eigenvalue weighted by Crippen LogP contribution is -2.21. The molecule has 3 nitrogen and oxygen atoms in total. The number of benzene rings is 1. The smallest absolute Gasteiger partial charge is 0.309 e. The Labute approximate surface area is 94.4 Å². The maximum Gasteiger partial charge on any atom is 0.309 e. The van der Waals surface area contributed by atoms with Crippen LogP contribution in [0.3, 0.4) is 0 Å². The molecule has 0 amide bonds. The van der Waals surface area contributed by atoms with E-state index in [0.29, 0.717) is 12.8 Å². The van der Waals surface area contributed by atoms with Crippen LogP contribution >= 0.6 is 0 Å². The molecule has 0 radical (unpaired) electrons. The fourth-order valence-corrected chi connectivity index (χ4v) is 2.33. The van der Waals surface area contributed by atoms with Crippen molar-refractivity contribution in [2.45, 2.75) is 18.8 Å². The van der Waals surface area contributed by atoms with Gasteiger partial charge in [0.1, 0.15) is 5.78 Å². The molecule has 2 atom stereocenters. The first-order valence-electron chi connectivity index (χ1n) is 5.39. The molecule has 2 rings (SSSR count). The number of hydrogen-bond donors (Lipinski definition) is 0. The number of rotatable bonds is 2. The Morgan fingerprint density at radius 3 is 2.62 bits per heavy atom. The molecule has 0 spiro atoms. The fraction of sp³-hybridized carbons (Fsp3) is 0.385. The summed E-state index contributed by atoms with van der Waals surface area (Å²) in [4.78, 5) is 23.4. The highest BCUT2D eigenvalue weighted by Gasteiger charge is 2.40. The molecule has 1 fully saturated rings. The third-order valence-electron chi connectivity index (χ3n) is 3.11. The lowest BCUT2D eigenvalue weighted by molar-refractivity contribution is -0.146. The van der Waals surface area contributed by atoms with Crippen LogP contribution in [0.1, 0.15) is 24.3 Å². The van der Waals surface area contributed by atoms with E-state index in [-0.39, 0.29) is 23.6 Å². The Balaban J connectivity index is 2.30. The van der Waals surface area contributed by atoms with Gasteiger partial charge >= 0.3 is 5.97 Å². The molecule has 1 aromatic rings. The second-order valence-electron chi connectivity index (χ2n) is 4.02. The van der Waals surface area contributed by atoms with Gasteiger partial charge in [0.2, 0.25) is 0 Å². The predicted molar refractivity (Wildman–Crippen MR) is 58.9 cm³/mol. The van der Waals surface area contributed by atoms with E-state index in [1.165, 1.54) is 7.11 Å². The minimum absolute atomic E-state index is 0.140. The van der Waals surface area contributed by atoms with Gasteiger partial charge in [-0.3, -0.25) is 9.59 Å². The molecule has 3 heteroatoms. The molecule has 0 bridgehead atoms. The van der Waals surface area contributed by atoms with Gasteiger partial charge in [0.15, 0.2) is 0 Å². The summed E-state index contributed by atoms with van der Waals surface area (Å²) in [5, 5.41) is 0. The van der Waals surface area contributed by atoms with Crippen molar-refractivity contribution in [3.8, 4) is 0 Å². The Kier molecular flexibility index (Phi) is 3.04. The highest BCUT2D eigenvalue weighted by molar-refractivity contribution is 5.94. The zero-order chi connectivity index (χ0) is 11.5. The minimum atomic E-state index is -0.311. The zero-order valence-electron chi connectivity index (χ0n) is 9.18. The van der Waals surface area contributed by atoms with E-state index in [1.807, 2.05) is 30.3 Å². The monoisotopic (exact) mass is 218 g/mol. The topological polar surface area (TPSA) is 43.4 Å². The number of hydrogen-bond acceptors (Lipinski definition) is 3. The maximum atomic E-state index is 11.8. The van der Waals surface area contributed by atoms with Gasteiger partial charge in [-0.1, -0.05) is 30.3 Å². The van der Waals surface area contributed by atoms with Crippen molar-refractivity contribution >= 4 is 11.8 Å². The highest BCUT2D eigenvalue weighted by Crippen LogP contribution is 2.37. The van der Waals surface area contributed by atoms with Crippen LogP contribution in [0.25, 0.3) is 0 Å². The highest BCUT2D eigenvalue weighted by atomic mass is 16.5. The van der Waals surface area contributed by atoms with Crippen molar-refractivity contribution in [2.75, 3.05) is 7.11 Å². The molecular formula is C13H14O3. The van der Waals surface area contributed by atoms with Crippen LogP contribution in [0.4, 0.5) is 0 Å². The first kappa shape index (κ1) is 10.9.